The predicted octanol–water partition coefficient (Wildman–Crippen LogP) is 2.27. The first-order chi connectivity index (χ1) is 10.6. The van der Waals surface area contributed by atoms with E-state index in [-0.39, 0.29) is 17.7 Å². The molecular weight excluding hydrogens is 306 g/mol. The van der Waals surface area contributed by atoms with Crippen LogP contribution in [0.5, 0.6) is 0 Å². The van der Waals surface area contributed by atoms with Gasteiger partial charge in [-0.3, -0.25) is 4.79 Å². The molecule has 1 aromatic rings. The highest BCUT2D eigenvalue weighted by molar-refractivity contribution is 6.30. The van der Waals surface area contributed by atoms with Crippen LogP contribution in [0.2, 0.25) is 0 Å². The lowest BCUT2D eigenvalue weighted by Gasteiger charge is -2.39. The molecule has 2 bridgehead atoms. The van der Waals surface area contributed by atoms with Gasteiger partial charge in [-0.25, -0.2) is 9.78 Å². The summed E-state index contributed by atoms with van der Waals surface area (Å²) in [7, 11) is 0. The lowest BCUT2D eigenvalue weighted by Crippen LogP contribution is -2.50. The van der Waals surface area contributed by atoms with Crippen LogP contribution in [0.3, 0.4) is 0 Å². The summed E-state index contributed by atoms with van der Waals surface area (Å²) in [5.74, 6) is 0.680. The Balaban J connectivity index is 1.74. The second kappa shape index (κ2) is 6.12. The number of hydrogen-bond donors (Lipinski definition) is 2. The number of alkyl halides is 1. The number of carbonyl (C=O) groups excluding carboxylic acids is 1. The molecule has 0 spiro atoms. The van der Waals surface area contributed by atoms with Crippen LogP contribution in [0, 0.1) is 0 Å². The fourth-order valence-corrected chi connectivity index (χ4v) is 3.78. The van der Waals surface area contributed by atoms with E-state index in [4.69, 9.17) is 16.7 Å². The third-order valence-electron chi connectivity index (χ3n) is 4.52. The molecule has 2 aliphatic heterocycles. The second-order valence-corrected chi connectivity index (χ2v) is 6.14. The molecule has 2 aliphatic rings. The van der Waals surface area contributed by atoms with Gasteiger partial charge in [-0.1, -0.05) is 0 Å². The van der Waals surface area contributed by atoms with Crippen LogP contribution in [0.25, 0.3) is 0 Å². The van der Waals surface area contributed by atoms with Crippen LogP contribution in [-0.2, 0) is 0 Å². The van der Waals surface area contributed by atoms with E-state index >= 15 is 0 Å². The molecule has 7 heteroatoms. The maximum Gasteiger partial charge on any atom is 0.404 e. The van der Waals surface area contributed by atoms with Crippen LogP contribution in [0.1, 0.15) is 36.0 Å². The number of hydrogen-bond acceptors (Lipinski definition) is 4. The average molecular weight is 324 g/mol. The van der Waals surface area contributed by atoms with Gasteiger partial charge in [0, 0.05) is 29.9 Å². The number of anilines is 1. The summed E-state index contributed by atoms with van der Waals surface area (Å²) in [5.41, 5.74) is 0.522. The molecule has 0 aromatic carbocycles. The first kappa shape index (κ1) is 15.1. The summed E-state index contributed by atoms with van der Waals surface area (Å²) in [4.78, 5) is 29.0. The number of rotatable bonds is 4. The van der Waals surface area contributed by atoms with E-state index in [1.807, 2.05) is 6.07 Å². The van der Waals surface area contributed by atoms with Crippen molar-refractivity contribution in [1.29, 1.82) is 0 Å². The third kappa shape index (κ3) is 2.88. The predicted molar refractivity (Wildman–Crippen MR) is 82.8 cm³/mol. The van der Waals surface area contributed by atoms with Gasteiger partial charge in [-0.05, 0) is 37.8 Å². The monoisotopic (exact) mass is 323 g/mol. The maximum atomic E-state index is 11.5. The highest BCUT2D eigenvalue weighted by atomic mass is 35.5. The van der Waals surface area contributed by atoms with Gasteiger partial charge < -0.3 is 15.3 Å². The minimum Gasteiger partial charge on any atom is -0.465 e. The first-order valence-corrected chi connectivity index (χ1v) is 7.95. The number of carbonyl (C=O) groups is 2. The molecule has 2 fully saturated rings. The summed E-state index contributed by atoms with van der Waals surface area (Å²) in [5, 5.41) is 11.5. The van der Waals surface area contributed by atoms with Gasteiger partial charge >= 0.3 is 6.09 Å². The van der Waals surface area contributed by atoms with Gasteiger partial charge in [0.05, 0.1) is 5.88 Å². The van der Waals surface area contributed by atoms with E-state index in [0.29, 0.717) is 17.6 Å². The first-order valence-electron chi connectivity index (χ1n) is 7.41. The van der Waals surface area contributed by atoms with Gasteiger partial charge in [0.25, 0.3) is 0 Å². The Kier molecular flexibility index (Phi) is 4.20. The van der Waals surface area contributed by atoms with Crippen molar-refractivity contribution in [2.45, 2.75) is 43.8 Å². The van der Waals surface area contributed by atoms with Crippen molar-refractivity contribution in [2.75, 3.05) is 10.8 Å². The van der Waals surface area contributed by atoms with Crippen molar-refractivity contribution in [3.8, 4) is 0 Å². The zero-order valence-electron chi connectivity index (χ0n) is 12.0. The summed E-state index contributed by atoms with van der Waals surface area (Å²) in [6, 6.07) is 4.24. The average Bonchev–Trinajstić information content (AvgIpc) is 2.77. The minimum absolute atomic E-state index is 0.0170. The van der Waals surface area contributed by atoms with Crippen molar-refractivity contribution in [1.82, 2.24) is 10.3 Å². The highest BCUT2D eigenvalue weighted by Gasteiger charge is 2.41. The SMILES string of the molecule is O=C(O)NC1CC2CCC(C1)N2c1ccc(C(=O)CCl)cn1. The molecule has 3 heterocycles. The molecule has 2 saturated heterocycles. The Morgan fingerprint density at radius 2 is 2.00 bits per heavy atom. The zero-order chi connectivity index (χ0) is 15.7. The van der Waals surface area contributed by atoms with Crippen molar-refractivity contribution in [2.24, 2.45) is 0 Å². The summed E-state index contributed by atoms with van der Waals surface area (Å²) in [6.07, 6.45) is 4.31. The van der Waals surface area contributed by atoms with Crippen molar-refractivity contribution >= 4 is 29.3 Å². The van der Waals surface area contributed by atoms with Crippen LogP contribution in [0.15, 0.2) is 18.3 Å². The summed E-state index contributed by atoms with van der Waals surface area (Å²) < 4.78 is 0. The molecule has 3 rings (SSSR count). The molecule has 2 unspecified atom stereocenters. The Morgan fingerprint density at radius 3 is 2.50 bits per heavy atom. The van der Waals surface area contributed by atoms with E-state index < -0.39 is 6.09 Å². The number of aromatic nitrogens is 1. The zero-order valence-corrected chi connectivity index (χ0v) is 12.8. The second-order valence-electron chi connectivity index (χ2n) is 5.87. The fraction of sp³-hybridized carbons (Fsp3) is 0.533. The van der Waals surface area contributed by atoms with Crippen LogP contribution >= 0.6 is 11.6 Å². The van der Waals surface area contributed by atoms with Crippen molar-refractivity contribution < 1.29 is 14.7 Å². The lowest BCUT2D eigenvalue weighted by atomic mass is 9.97. The van der Waals surface area contributed by atoms with E-state index in [9.17, 15) is 9.59 Å². The number of piperidine rings is 1. The van der Waals surface area contributed by atoms with Crippen LogP contribution in [-0.4, -0.2) is 46.0 Å². The number of nitrogens with one attached hydrogen (secondary N) is 1. The standard InChI is InChI=1S/C15H18ClN3O3/c16-7-13(20)9-1-4-14(17-8-9)19-11-2-3-12(19)6-10(5-11)18-15(21)22/h1,4,8,10-12,18H,2-3,5-7H2,(H,21,22). The molecule has 0 radical (unpaired) electrons. The van der Waals surface area contributed by atoms with Crippen LogP contribution < -0.4 is 10.2 Å². The third-order valence-corrected chi connectivity index (χ3v) is 4.76. The normalized spacial score (nSPS) is 26.8. The highest BCUT2D eigenvalue weighted by Crippen LogP contribution is 2.38. The molecule has 22 heavy (non-hydrogen) atoms. The maximum absolute atomic E-state index is 11.5. The van der Waals surface area contributed by atoms with E-state index in [1.165, 1.54) is 0 Å². The van der Waals surface area contributed by atoms with Gasteiger partial charge in [-0.15, -0.1) is 11.6 Å². The molecule has 0 aliphatic carbocycles. The molecule has 2 N–H and O–H groups in total. The number of nitrogens with zero attached hydrogens (tertiary/aromatic N) is 2. The molecule has 1 amide bonds. The number of amides is 1. The van der Waals surface area contributed by atoms with E-state index in [1.54, 1.807) is 12.3 Å². The summed E-state index contributed by atoms with van der Waals surface area (Å²) in [6.45, 7) is 0. The largest absolute Gasteiger partial charge is 0.465 e. The number of fused-ring (bicyclic) bond motifs is 2. The fourth-order valence-electron chi connectivity index (χ4n) is 3.62. The minimum atomic E-state index is -0.958. The lowest BCUT2D eigenvalue weighted by molar-refractivity contribution is 0.102. The Morgan fingerprint density at radius 1 is 1.32 bits per heavy atom. The van der Waals surface area contributed by atoms with Crippen molar-refractivity contribution in [3.05, 3.63) is 23.9 Å². The Labute approximate surface area is 133 Å². The van der Waals surface area contributed by atoms with Gasteiger partial charge in [0.1, 0.15) is 5.82 Å². The van der Waals surface area contributed by atoms with Crippen LogP contribution in [0.4, 0.5) is 10.6 Å². The number of carboxylic acid groups (broad SMARTS) is 1. The molecule has 1 aromatic heterocycles. The summed E-state index contributed by atoms with van der Waals surface area (Å²) >= 11 is 5.55. The van der Waals surface area contributed by atoms with E-state index in [0.717, 1.165) is 31.5 Å². The van der Waals surface area contributed by atoms with Gasteiger partial charge in [0.15, 0.2) is 5.78 Å². The van der Waals surface area contributed by atoms with Crippen molar-refractivity contribution in [3.63, 3.8) is 0 Å². The quantitative estimate of drug-likeness (QED) is 0.656. The smallest absolute Gasteiger partial charge is 0.404 e. The molecule has 118 valence electrons. The molecular formula is C15H18ClN3O3. The number of ketones is 1. The topological polar surface area (TPSA) is 82.5 Å². The van der Waals surface area contributed by atoms with Gasteiger partial charge in [-0.2, -0.15) is 0 Å². The number of Topliss-reactive ketones (excluding diaryl/α,β-unsaturated/α-hetero) is 1. The number of halogens is 1. The Bertz CT molecular complexity index is 564. The molecule has 2 atom stereocenters. The number of pyridine rings is 1. The Hall–Kier alpha value is -1.82. The van der Waals surface area contributed by atoms with Gasteiger partial charge in [0.2, 0.25) is 0 Å². The molecule has 6 nitrogen and oxygen atoms in total. The van der Waals surface area contributed by atoms with E-state index in [2.05, 4.69) is 15.2 Å². The molecule has 0 saturated carbocycles.